The van der Waals surface area contributed by atoms with Crippen molar-refractivity contribution in [2.75, 3.05) is 0 Å². The van der Waals surface area contributed by atoms with Crippen molar-refractivity contribution < 1.29 is 9.53 Å². The minimum absolute atomic E-state index is 0.158. The Labute approximate surface area is 159 Å². The van der Waals surface area contributed by atoms with E-state index in [9.17, 15) is 9.59 Å². The maximum atomic E-state index is 12.8. The van der Waals surface area contributed by atoms with Crippen LogP contribution in [-0.2, 0) is 11.3 Å². The maximum absolute atomic E-state index is 12.8. The Morgan fingerprint density at radius 3 is 2.48 bits per heavy atom. The summed E-state index contributed by atoms with van der Waals surface area (Å²) in [4.78, 5) is 25.4. The molecule has 2 aromatic carbocycles. The van der Waals surface area contributed by atoms with Gasteiger partial charge in [0, 0.05) is 15.6 Å². The van der Waals surface area contributed by atoms with Crippen LogP contribution in [-0.4, -0.2) is 15.7 Å². The quantitative estimate of drug-likeness (QED) is 0.489. The highest BCUT2D eigenvalue weighted by Crippen LogP contribution is 2.26. The third kappa shape index (κ3) is 3.13. The summed E-state index contributed by atoms with van der Waals surface area (Å²) >= 11 is 1.62. The number of thiophene rings is 1. The predicted molar refractivity (Wildman–Crippen MR) is 107 cm³/mol. The lowest BCUT2D eigenvalue weighted by Crippen LogP contribution is -2.27. The number of hydrogen-bond donors (Lipinski definition) is 0. The van der Waals surface area contributed by atoms with Crippen LogP contribution in [0.25, 0.3) is 20.9 Å². The molecule has 0 aliphatic rings. The highest BCUT2D eigenvalue weighted by Gasteiger charge is 2.19. The van der Waals surface area contributed by atoms with Gasteiger partial charge in [-0.15, -0.1) is 11.3 Å². The number of esters is 1. The summed E-state index contributed by atoms with van der Waals surface area (Å²) in [6.45, 7) is 3.88. The van der Waals surface area contributed by atoms with Gasteiger partial charge in [0.15, 0.2) is 5.69 Å². The predicted octanol–water partition coefficient (Wildman–Crippen LogP) is 4.55. The van der Waals surface area contributed by atoms with E-state index in [1.165, 1.54) is 4.68 Å². The number of rotatable bonds is 4. The van der Waals surface area contributed by atoms with Gasteiger partial charge in [0.05, 0.1) is 11.4 Å². The molecule has 0 bridgehead atoms. The van der Waals surface area contributed by atoms with Crippen molar-refractivity contribution in [2.24, 2.45) is 0 Å². The van der Waals surface area contributed by atoms with Gasteiger partial charge in [0.1, 0.15) is 6.61 Å². The zero-order chi connectivity index (χ0) is 19.0. The van der Waals surface area contributed by atoms with E-state index in [1.807, 2.05) is 43.5 Å². The zero-order valence-electron chi connectivity index (χ0n) is 15.0. The molecule has 27 heavy (non-hydrogen) atoms. The number of aromatic nitrogens is 2. The second-order valence-corrected chi connectivity index (χ2v) is 7.48. The third-order valence-corrected chi connectivity index (χ3v) is 5.44. The molecule has 0 radical (unpaired) electrons. The number of ether oxygens (including phenoxy) is 1. The van der Waals surface area contributed by atoms with Gasteiger partial charge in [0.2, 0.25) is 0 Å². The van der Waals surface area contributed by atoms with Gasteiger partial charge in [-0.2, -0.15) is 5.10 Å². The van der Waals surface area contributed by atoms with Crippen molar-refractivity contribution in [3.8, 4) is 0 Å². The highest BCUT2D eigenvalue weighted by molar-refractivity contribution is 7.17. The average Bonchev–Trinajstić information content (AvgIpc) is 3.09. The molecule has 4 aromatic rings. The van der Waals surface area contributed by atoms with Gasteiger partial charge < -0.3 is 4.74 Å². The molecule has 5 nitrogen and oxygen atoms in total. The van der Waals surface area contributed by atoms with Crippen molar-refractivity contribution in [1.82, 2.24) is 9.78 Å². The molecule has 6 heteroatoms. The second-order valence-electron chi connectivity index (χ2n) is 6.57. The number of nitrogens with zero attached hydrogens (tertiary/aromatic N) is 2. The fourth-order valence-electron chi connectivity index (χ4n) is 3.06. The molecule has 0 aliphatic carbocycles. The van der Waals surface area contributed by atoms with E-state index >= 15 is 0 Å². The molecule has 0 aliphatic heterocycles. The molecular weight excluding hydrogens is 360 g/mol. The van der Waals surface area contributed by atoms with E-state index in [-0.39, 0.29) is 23.9 Å². The third-order valence-electron chi connectivity index (χ3n) is 4.43. The first-order chi connectivity index (χ1) is 13.1. The van der Waals surface area contributed by atoms with Crippen LogP contribution in [0.2, 0.25) is 0 Å². The molecule has 0 saturated carbocycles. The zero-order valence-corrected chi connectivity index (χ0v) is 15.8. The van der Waals surface area contributed by atoms with Crippen molar-refractivity contribution in [2.45, 2.75) is 26.5 Å². The minimum atomic E-state index is -0.532. The Balaban J connectivity index is 1.70. The molecule has 0 unspecified atom stereocenters. The van der Waals surface area contributed by atoms with Gasteiger partial charge in [-0.3, -0.25) is 4.79 Å². The molecule has 4 rings (SSSR count). The standard InChI is InChI=1S/C21H18N2O3S/c1-13(2)23-20(24)17-9-4-3-8-16(17)19(22-23)21(25)26-11-14-12-27-18-10-6-5-7-15(14)18/h3-10,12-13H,11H2,1-2H3. The molecule has 0 fully saturated rings. The first kappa shape index (κ1) is 17.4. The summed E-state index contributed by atoms with van der Waals surface area (Å²) in [6.07, 6.45) is 0. The summed E-state index contributed by atoms with van der Waals surface area (Å²) in [7, 11) is 0. The van der Waals surface area contributed by atoms with E-state index in [4.69, 9.17) is 4.74 Å². The summed E-state index contributed by atoms with van der Waals surface area (Å²) < 4.78 is 8.04. The molecule has 0 N–H and O–H groups in total. The van der Waals surface area contributed by atoms with Crippen molar-refractivity contribution >= 4 is 38.2 Å². The van der Waals surface area contributed by atoms with Crippen molar-refractivity contribution in [1.29, 1.82) is 0 Å². The van der Waals surface area contributed by atoms with E-state index in [2.05, 4.69) is 5.10 Å². The molecular formula is C21H18N2O3S. The van der Waals surface area contributed by atoms with Gasteiger partial charge in [-0.1, -0.05) is 36.4 Å². The number of hydrogen-bond acceptors (Lipinski definition) is 5. The Morgan fingerprint density at radius 1 is 1.07 bits per heavy atom. The van der Waals surface area contributed by atoms with Crippen LogP contribution in [0.5, 0.6) is 0 Å². The molecule has 0 saturated heterocycles. The van der Waals surface area contributed by atoms with Gasteiger partial charge in [-0.25, -0.2) is 9.48 Å². The average molecular weight is 378 g/mol. The Kier molecular flexibility index (Phi) is 4.49. The number of fused-ring (bicyclic) bond motifs is 2. The van der Waals surface area contributed by atoms with E-state index < -0.39 is 5.97 Å². The number of carbonyl (C=O) groups is 1. The lowest BCUT2D eigenvalue weighted by Gasteiger charge is -2.13. The lowest BCUT2D eigenvalue weighted by atomic mass is 10.1. The fourth-order valence-corrected chi connectivity index (χ4v) is 4.01. The SMILES string of the molecule is CC(C)n1nc(C(=O)OCc2csc3ccccc23)c2ccccc2c1=O. The Morgan fingerprint density at radius 2 is 1.74 bits per heavy atom. The maximum Gasteiger partial charge on any atom is 0.359 e. The molecule has 2 aromatic heterocycles. The van der Waals surface area contributed by atoms with Crippen LogP contribution in [0.3, 0.4) is 0 Å². The summed E-state index contributed by atoms with van der Waals surface area (Å²) in [5, 5.41) is 8.36. The molecule has 0 atom stereocenters. The van der Waals surface area contributed by atoms with Crippen LogP contribution in [0, 0.1) is 0 Å². The van der Waals surface area contributed by atoms with Crippen molar-refractivity contribution in [3.05, 3.63) is 75.5 Å². The van der Waals surface area contributed by atoms with Crippen LogP contribution < -0.4 is 5.56 Å². The van der Waals surface area contributed by atoms with Crippen LogP contribution in [0.4, 0.5) is 0 Å². The van der Waals surface area contributed by atoms with Gasteiger partial charge in [0.25, 0.3) is 5.56 Å². The summed E-state index contributed by atoms with van der Waals surface area (Å²) in [5.74, 6) is -0.532. The summed E-state index contributed by atoms with van der Waals surface area (Å²) in [5.41, 5.74) is 0.921. The largest absolute Gasteiger partial charge is 0.456 e. The number of benzene rings is 2. The normalized spacial score (nSPS) is 11.4. The Bertz CT molecular complexity index is 1210. The van der Waals surface area contributed by atoms with E-state index in [0.29, 0.717) is 10.8 Å². The lowest BCUT2D eigenvalue weighted by molar-refractivity contribution is 0.0467. The monoisotopic (exact) mass is 378 g/mol. The van der Waals surface area contributed by atoms with Crippen LogP contribution in [0.15, 0.2) is 58.7 Å². The highest BCUT2D eigenvalue weighted by atomic mass is 32.1. The first-order valence-electron chi connectivity index (χ1n) is 8.70. The van der Waals surface area contributed by atoms with E-state index in [1.54, 1.807) is 35.6 Å². The van der Waals surface area contributed by atoms with Crippen LogP contribution >= 0.6 is 11.3 Å². The topological polar surface area (TPSA) is 61.2 Å². The first-order valence-corrected chi connectivity index (χ1v) is 9.58. The van der Waals surface area contributed by atoms with E-state index in [0.717, 1.165) is 15.6 Å². The number of carbonyl (C=O) groups excluding carboxylic acids is 1. The molecule has 136 valence electrons. The molecule has 0 amide bonds. The van der Waals surface area contributed by atoms with Crippen molar-refractivity contribution in [3.63, 3.8) is 0 Å². The van der Waals surface area contributed by atoms with Gasteiger partial charge >= 0.3 is 5.97 Å². The second kappa shape index (κ2) is 6.96. The summed E-state index contributed by atoms with van der Waals surface area (Å²) in [6, 6.07) is 14.9. The Hall–Kier alpha value is -2.99. The van der Waals surface area contributed by atoms with Gasteiger partial charge in [-0.05, 0) is 36.7 Å². The van der Waals surface area contributed by atoms with Crippen LogP contribution in [0.1, 0.15) is 35.9 Å². The fraction of sp³-hybridized carbons (Fsp3) is 0.190. The molecule has 2 heterocycles. The minimum Gasteiger partial charge on any atom is -0.456 e. The molecule has 0 spiro atoms. The smallest absolute Gasteiger partial charge is 0.359 e.